The molecule has 4 heteroatoms. The molecule has 0 N–H and O–H groups in total. The maximum absolute atomic E-state index is 12.2. The topological polar surface area (TPSA) is 56.5 Å². The van der Waals surface area contributed by atoms with Gasteiger partial charge in [0.05, 0.1) is 12.7 Å². The number of hydrogen-bond donors (Lipinski definition) is 0. The molecule has 2 aromatic rings. The smallest absolute Gasteiger partial charge is 0.336 e. The normalized spacial score (nSPS) is 10.9. The van der Waals surface area contributed by atoms with Gasteiger partial charge in [0.25, 0.3) is 0 Å². The molecule has 0 saturated heterocycles. The first-order valence-electron chi connectivity index (χ1n) is 6.16. The van der Waals surface area contributed by atoms with Crippen LogP contribution in [0.15, 0.2) is 33.5 Å². The molecule has 1 heterocycles. The lowest BCUT2D eigenvalue weighted by Crippen LogP contribution is -2.06. The molecule has 0 spiro atoms. The van der Waals surface area contributed by atoms with Crippen molar-refractivity contribution in [1.82, 2.24) is 0 Å². The fourth-order valence-electron chi connectivity index (χ4n) is 1.96. The van der Waals surface area contributed by atoms with Crippen molar-refractivity contribution in [2.45, 2.75) is 20.3 Å². The molecule has 0 radical (unpaired) electrons. The number of ether oxygens (including phenoxy) is 1. The molecular formula is C15H16O4. The van der Waals surface area contributed by atoms with E-state index >= 15 is 0 Å². The summed E-state index contributed by atoms with van der Waals surface area (Å²) in [6.45, 7) is 3.98. The summed E-state index contributed by atoms with van der Waals surface area (Å²) >= 11 is 0. The molecule has 1 aromatic heterocycles. The number of benzene rings is 1. The molecule has 0 aliphatic rings. The van der Waals surface area contributed by atoms with E-state index < -0.39 is 5.63 Å². The van der Waals surface area contributed by atoms with E-state index in [2.05, 4.69) is 0 Å². The van der Waals surface area contributed by atoms with E-state index in [1.807, 2.05) is 13.8 Å². The molecule has 4 nitrogen and oxygen atoms in total. The van der Waals surface area contributed by atoms with E-state index in [4.69, 9.17) is 9.15 Å². The van der Waals surface area contributed by atoms with Gasteiger partial charge in [0, 0.05) is 23.9 Å². The number of Topliss-reactive ketones (excluding diaryl/α,β-unsaturated/α-hetero) is 1. The number of carbonyl (C=O) groups is 1. The van der Waals surface area contributed by atoms with Crippen molar-refractivity contribution in [2.24, 2.45) is 5.92 Å². The van der Waals surface area contributed by atoms with Crippen molar-refractivity contribution < 1.29 is 13.9 Å². The summed E-state index contributed by atoms with van der Waals surface area (Å²) < 4.78 is 10.3. The fourth-order valence-corrected chi connectivity index (χ4v) is 1.96. The van der Waals surface area contributed by atoms with Gasteiger partial charge in [-0.2, -0.15) is 0 Å². The van der Waals surface area contributed by atoms with Crippen LogP contribution in [0.1, 0.15) is 30.6 Å². The summed E-state index contributed by atoms with van der Waals surface area (Å²) in [5.41, 5.74) is 0.527. The molecule has 0 aliphatic heterocycles. The van der Waals surface area contributed by atoms with Crippen LogP contribution in [-0.4, -0.2) is 12.9 Å². The van der Waals surface area contributed by atoms with Crippen molar-refractivity contribution in [3.8, 4) is 5.75 Å². The Bertz CT molecular complexity index is 667. The largest absolute Gasteiger partial charge is 0.496 e. The molecule has 2 rings (SSSR count). The zero-order chi connectivity index (χ0) is 14.0. The van der Waals surface area contributed by atoms with Crippen molar-refractivity contribution in [1.29, 1.82) is 0 Å². The second-order valence-electron chi connectivity index (χ2n) is 4.87. The summed E-state index contributed by atoms with van der Waals surface area (Å²) in [5.74, 6) is 0.744. The quantitative estimate of drug-likeness (QED) is 0.626. The summed E-state index contributed by atoms with van der Waals surface area (Å²) in [5, 5.41) is 0.715. The van der Waals surface area contributed by atoms with Crippen LogP contribution >= 0.6 is 0 Å². The highest BCUT2D eigenvalue weighted by Gasteiger charge is 2.15. The van der Waals surface area contributed by atoms with Gasteiger partial charge < -0.3 is 9.15 Å². The van der Waals surface area contributed by atoms with E-state index in [0.717, 1.165) is 0 Å². The van der Waals surface area contributed by atoms with Gasteiger partial charge in [-0.1, -0.05) is 13.8 Å². The van der Waals surface area contributed by atoms with Gasteiger partial charge in [0.2, 0.25) is 0 Å². The third-order valence-corrected chi connectivity index (χ3v) is 2.84. The third kappa shape index (κ3) is 2.84. The Hall–Kier alpha value is -2.10. The highest BCUT2D eigenvalue weighted by molar-refractivity contribution is 6.02. The van der Waals surface area contributed by atoms with Crippen molar-refractivity contribution in [3.63, 3.8) is 0 Å². The van der Waals surface area contributed by atoms with Crippen LogP contribution in [-0.2, 0) is 0 Å². The van der Waals surface area contributed by atoms with Crippen LogP contribution in [0.4, 0.5) is 0 Å². The molecule has 0 aliphatic carbocycles. The maximum atomic E-state index is 12.2. The number of hydrogen-bond acceptors (Lipinski definition) is 4. The highest BCUT2D eigenvalue weighted by Crippen LogP contribution is 2.27. The molecule has 0 saturated carbocycles. The summed E-state index contributed by atoms with van der Waals surface area (Å²) in [7, 11) is 1.49. The molecule has 0 fully saturated rings. The molecule has 19 heavy (non-hydrogen) atoms. The van der Waals surface area contributed by atoms with Gasteiger partial charge >= 0.3 is 5.63 Å². The van der Waals surface area contributed by atoms with E-state index in [9.17, 15) is 9.59 Å². The van der Waals surface area contributed by atoms with Gasteiger partial charge in [-0.15, -0.1) is 0 Å². The Morgan fingerprint density at radius 1 is 1.32 bits per heavy atom. The molecule has 0 atom stereocenters. The number of methoxy groups -OCH3 is 1. The average Bonchev–Trinajstić information content (AvgIpc) is 2.36. The second kappa shape index (κ2) is 5.26. The monoisotopic (exact) mass is 260 g/mol. The first-order valence-corrected chi connectivity index (χ1v) is 6.16. The zero-order valence-electron chi connectivity index (χ0n) is 11.2. The lowest BCUT2D eigenvalue weighted by molar-refractivity contribution is 0.0965. The molecule has 0 amide bonds. The van der Waals surface area contributed by atoms with Gasteiger partial charge in [0.1, 0.15) is 11.3 Å². The zero-order valence-corrected chi connectivity index (χ0v) is 11.2. The van der Waals surface area contributed by atoms with Crippen LogP contribution in [0.3, 0.4) is 0 Å². The van der Waals surface area contributed by atoms with Crippen molar-refractivity contribution in [3.05, 3.63) is 40.2 Å². The lowest BCUT2D eigenvalue weighted by atomic mass is 9.99. The van der Waals surface area contributed by atoms with E-state index in [0.29, 0.717) is 28.7 Å². The Morgan fingerprint density at radius 3 is 2.68 bits per heavy atom. The maximum Gasteiger partial charge on any atom is 0.336 e. The minimum atomic E-state index is -0.421. The lowest BCUT2D eigenvalue weighted by Gasteiger charge is -2.10. The van der Waals surface area contributed by atoms with E-state index in [1.165, 1.54) is 13.2 Å². The molecule has 0 bridgehead atoms. The summed E-state index contributed by atoms with van der Waals surface area (Å²) in [6.07, 6.45) is 0.457. The summed E-state index contributed by atoms with van der Waals surface area (Å²) in [6, 6.07) is 6.28. The average molecular weight is 260 g/mol. The van der Waals surface area contributed by atoms with E-state index in [-0.39, 0.29) is 11.7 Å². The molecule has 1 aromatic carbocycles. The van der Waals surface area contributed by atoms with Crippen molar-refractivity contribution in [2.75, 3.05) is 7.11 Å². The number of fused-ring (bicyclic) bond motifs is 1. The standard InChI is InChI=1S/C15H16O4/c1-9(2)6-12(16)11-7-10-4-5-15(17)19-13(10)8-14(11)18-3/h4-5,7-9H,6H2,1-3H3. The van der Waals surface area contributed by atoms with E-state index in [1.54, 1.807) is 18.2 Å². The van der Waals surface area contributed by atoms with Crippen LogP contribution in [0.25, 0.3) is 11.0 Å². The van der Waals surface area contributed by atoms with Crippen LogP contribution in [0.2, 0.25) is 0 Å². The first kappa shape index (κ1) is 13.3. The van der Waals surface area contributed by atoms with Crippen molar-refractivity contribution >= 4 is 16.8 Å². The Kier molecular flexibility index (Phi) is 3.69. The van der Waals surface area contributed by atoms with Gasteiger partial charge in [0.15, 0.2) is 5.78 Å². The minimum Gasteiger partial charge on any atom is -0.496 e. The fraction of sp³-hybridized carbons (Fsp3) is 0.333. The second-order valence-corrected chi connectivity index (χ2v) is 4.87. The number of ketones is 1. The Balaban J connectivity index is 2.57. The Labute approximate surface area is 111 Å². The minimum absolute atomic E-state index is 0.0277. The highest BCUT2D eigenvalue weighted by atomic mass is 16.5. The van der Waals surface area contributed by atoms with Crippen LogP contribution < -0.4 is 10.4 Å². The molecule has 0 unspecified atom stereocenters. The predicted molar refractivity (Wildman–Crippen MR) is 72.8 cm³/mol. The predicted octanol–water partition coefficient (Wildman–Crippen LogP) is 3.03. The number of rotatable bonds is 4. The SMILES string of the molecule is COc1cc2oc(=O)ccc2cc1C(=O)CC(C)C. The Morgan fingerprint density at radius 2 is 2.05 bits per heavy atom. The van der Waals surface area contributed by atoms with Gasteiger partial charge in [-0.25, -0.2) is 4.79 Å². The van der Waals surface area contributed by atoms with Crippen LogP contribution in [0.5, 0.6) is 5.75 Å². The third-order valence-electron chi connectivity index (χ3n) is 2.84. The van der Waals surface area contributed by atoms with Crippen LogP contribution in [0, 0.1) is 5.92 Å². The molecular weight excluding hydrogens is 244 g/mol. The van der Waals surface area contributed by atoms with Gasteiger partial charge in [-0.3, -0.25) is 4.79 Å². The summed E-state index contributed by atoms with van der Waals surface area (Å²) in [4.78, 5) is 23.3. The first-order chi connectivity index (χ1) is 9.01. The molecule has 100 valence electrons. The van der Waals surface area contributed by atoms with Gasteiger partial charge in [-0.05, 0) is 18.1 Å². The number of carbonyl (C=O) groups excluding carboxylic acids is 1.